The molecule has 100 valence electrons. The highest BCUT2D eigenvalue weighted by molar-refractivity contribution is 7.91. The molecule has 0 bridgehead atoms. The molecule has 1 fully saturated rings. The molecule has 0 aromatic heterocycles. The first-order valence-corrected chi connectivity index (χ1v) is 7.71. The van der Waals surface area contributed by atoms with Crippen molar-refractivity contribution in [2.24, 2.45) is 11.1 Å². The van der Waals surface area contributed by atoms with Crippen molar-refractivity contribution in [3.05, 3.63) is 0 Å². The molecule has 2 unspecified atom stereocenters. The lowest BCUT2D eigenvalue weighted by Crippen LogP contribution is -2.44. The van der Waals surface area contributed by atoms with E-state index in [-0.39, 0.29) is 29.8 Å². The van der Waals surface area contributed by atoms with Crippen molar-refractivity contribution in [2.75, 3.05) is 24.7 Å². The Labute approximate surface area is 103 Å². The summed E-state index contributed by atoms with van der Waals surface area (Å²) >= 11 is 0. The molecular formula is C11H21NO4S. The molecule has 0 aromatic carbocycles. The molecule has 1 heterocycles. The van der Waals surface area contributed by atoms with Gasteiger partial charge in [0, 0.05) is 18.2 Å². The molecule has 0 spiro atoms. The summed E-state index contributed by atoms with van der Waals surface area (Å²) in [6.45, 7) is 4.14. The fraction of sp³-hybridized carbons (Fsp3) is 0.909. The number of sulfone groups is 1. The highest BCUT2D eigenvalue weighted by Crippen LogP contribution is 2.29. The minimum atomic E-state index is -2.99. The number of hydrogen-bond donors (Lipinski definition) is 1. The Morgan fingerprint density at radius 2 is 2.18 bits per heavy atom. The summed E-state index contributed by atoms with van der Waals surface area (Å²) in [4.78, 5) is 12.0. The molecule has 5 nitrogen and oxygen atoms in total. The van der Waals surface area contributed by atoms with E-state index in [0.29, 0.717) is 19.6 Å². The molecule has 1 aliphatic heterocycles. The number of carbonyl (C=O) groups excluding carboxylic acids is 1. The molecule has 0 amide bonds. The van der Waals surface area contributed by atoms with Crippen LogP contribution in [0.15, 0.2) is 0 Å². The number of Topliss-reactive ketones (excluding diaryl/α,β-unsaturated/α-hetero) is 1. The first-order valence-electron chi connectivity index (χ1n) is 5.89. The fourth-order valence-corrected chi connectivity index (χ4v) is 2.73. The van der Waals surface area contributed by atoms with Crippen LogP contribution in [0.2, 0.25) is 0 Å². The zero-order valence-electron chi connectivity index (χ0n) is 10.4. The smallest absolute Gasteiger partial charge is 0.150 e. The molecular weight excluding hydrogens is 242 g/mol. The van der Waals surface area contributed by atoms with Gasteiger partial charge in [-0.15, -0.1) is 0 Å². The Balaban J connectivity index is 2.45. The van der Waals surface area contributed by atoms with E-state index in [1.165, 1.54) is 0 Å². The summed E-state index contributed by atoms with van der Waals surface area (Å²) in [6.07, 6.45) is 0.629. The van der Waals surface area contributed by atoms with E-state index in [0.717, 1.165) is 0 Å². The van der Waals surface area contributed by atoms with Crippen molar-refractivity contribution in [2.45, 2.75) is 32.7 Å². The Bertz CT molecular complexity index is 379. The summed E-state index contributed by atoms with van der Waals surface area (Å²) in [5.41, 5.74) is 5.19. The quantitative estimate of drug-likeness (QED) is 0.736. The zero-order chi connectivity index (χ0) is 13.1. The third kappa shape index (κ3) is 3.50. The van der Waals surface area contributed by atoms with Gasteiger partial charge in [-0.05, 0) is 13.3 Å². The van der Waals surface area contributed by atoms with Crippen LogP contribution < -0.4 is 5.73 Å². The van der Waals surface area contributed by atoms with Gasteiger partial charge in [0.15, 0.2) is 0 Å². The van der Waals surface area contributed by atoms with Crippen LogP contribution in [0.4, 0.5) is 0 Å². The standard InChI is InChI=1S/C11H21NO4S/c1-3-17(14,15)6-4-5-10(13)11(2)8-16-7-9(11)12/h9H,3-8,12H2,1-2H3. The fourth-order valence-electron chi connectivity index (χ4n) is 1.86. The first-order chi connectivity index (χ1) is 7.82. The van der Waals surface area contributed by atoms with Crippen LogP contribution in [0.25, 0.3) is 0 Å². The molecule has 1 saturated heterocycles. The van der Waals surface area contributed by atoms with Crippen molar-refractivity contribution >= 4 is 15.6 Å². The van der Waals surface area contributed by atoms with Gasteiger partial charge in [0.25, 0.3) is 0 Å². The van der Waals surface area contributed by atoms with Gasteiger partial charge in [-0.2, -0.15) is 0 Å². The molecule has 0 saturated carbocycles. The van der Waals surface area contributed by atoms with Gasteiger partial charge >= 0.3 is 0 Å². The van der Waals surface area contributed by atoms with Gasteiger partial charge in [-0.3, -0.25) is 4.79 Å². The summed E-state index contributed by atoms with van der Waals surface area (Å²) in [5.74, 6) is 0.205. The third-order valence-electron chi connectivity index (χ3n) is 3.45. The number of ketones is 1. The van der Waals surface area contributed by atoms with Crippen LogP contribution in [0.5, 0.6) is 0 Å². The molecule has 0 aliphatic carbocycles. The number of rotatable bonds is 6. The van der Waals surface area contributed by atoms with Crippen LogP contribution in [-0.2, 0) is 19.4 Å². The lowest BCUT2D eigenvalue weighted by Gasteiger charge is -2.24. The van der Waals surface area contributed by atoms with Crippen molar-refractivity contribution in [1.82, 2.24) is 0 Å². The van der Waals surface area contributed by atoms with E-state index in [1.54, 1.807) is 13.8 Å². The third-order valence-corrected chi connectivity index (χ3v) is 5.24. The highest BCUT2D eigenvalue weighted by Gasteiger charge is 2.43. The van der Waals surface area contributed by atoms with Gasteiger partial charge in [0.1, 0.15) is 15.6 Å². The van der Waals surface area contributed by atoms with Crippen LogP contribution in [0.1, 0.15) is 26.7 Å². The second-order valence-corrected chi connectivity index (χ2v) is 7.27. The molecule has 6 heteroatoms. The topological polar surface area (TPSA) is 86.5 Å². The Hall–Kier alpha value is -0.460. The van der Waals surface area contributed by atoms with E-state index < -0.39 is 15.3 Å². The lowest BCUT2D eigenvalue weighted by atomic mass is 9.80. The number of hydrogen-bond acceptors (Lipinski definition) is 5. The van der Waals surface area contributed by atoms with Crippen molar-refractivity contribution in [1.29, 1.82) is 0 Å². The van der Waals surface area contributed by atoms with E-state index in [9.17, 15) is 13.2 Å². The van der Waals surface area contributed by atoms with E-state index >= 15 is 0 Å². The van der Waals surface area contributed by atoms with Crippen molar-refractivity contribution in [3.8, 4) is 0 Å². The maximum absolute atomic E-state index is 12.0. The number of nitrogens with two attached hydrogens (primary N) is 1. The molecule has 0 radical (unpaired) electrons. The predicted octanol–water partition coefficient (Wildman–Crippen LogP) is 0.134. The normalized spacial score (nSPS) is 29.5. The summed E-state index contributed by atoms with van der Waals surface area (Å²) in [7, 11) is -2.99. The number of carbonyl (C=O) groups is 1. The van der Waals surface area contributed by atoms with E-state index in [4.69, 9.17) is 10.5 Å². The van der Waals surface area contributed by atoms with Crippen molar-refractivity contribution < 1.29 is 17.9 Å². The maximum atomic E-state index is 12.0. The van der Waals surface area contributed by atoms with Gasteiger partial charge in [0.2, 0.25) is 0 Å². The van der Waals surface area contributed by atoms with Gasteiger partial charge in [0.05, 0.1) is 24.4 Å². The summed E-state index contributed by atoms with van der Waals surface area (Å²) in [5, 5.41) is 0. The van der Waals surface area contributed by atoms with E-state index in [2.05, 4.69) is 0 Å². The molecule has 0 aromatic rings. The second kappa shape index (κ2) is 5.46. The SMILES string of the molecule is CCS(=O)(=O)CCCC(=O)C1(C)COCC1N. The molecule has 2 atom stereocenters. The second-order valence-electron chi connectivity index (χ2n) is 4.80. The minimum Gasteiger partial charge on any atom is -0.379 e. The Morgan fingerprint density at radius 1 is 1.53 bits per heavy atom. The average molecular weight is 263 g/mol. The maximum Gasteiger partial charge on any atom is 0.150 e. The van der Waals surface area contributed by atoms with Crippen LogP contribution >= 0.6 is 0 Å². The summed E-state index contributed by atoms with van der Waals surface area (Å²) in [6, 6.07) is -0.280. The summed E-state index contributed by atoms with van der Waals surface area (Å²) < 4.78 is 27.8. The van der Waals surface area contributed by atoms with E-state index in [1.807, 2.05) is 0 Å². The van der Waals surface area contributed by atoms with Crippen molar-refractivity contribution in [3.63, 3.8) is 0 Å². The van der Waals surface area contributed by atoms with Gasteiger partial charge in [-0.25, -0.2) is 8.42 Å². The van der Waals surface area contributed by atoms with Gasteiger partial charge < -0.3 is 10.5 Å². The molecule has 2 N–H and O–H groups in total. The molecule has 17 heavy (non-hydrogen) atoms. The lowest BCUT2D eigenvalue weighted by molar-refractivity contribution is -0.128. The van der Waals surface area contributed by atoms with Crippen LogP contribution in [0, 0.1) is 5.41 Å². The zero-order valence-corrected chi connectivity index (χ0v) is 11.3. The Morgan fingerprint density at radius 3 is 2.65 bits per heavy atom. The molecule has 1 rings (SSSR count). The van der Waals surface area contributed by atoms with Gasteiger partial charge in [-0.1, -0.05) is 6.92 Å². The first kappa shape index (κ1) is 14.6. The average Bonchev–Trinajstić information content (AvgIpc) is 2.60. The number of ether oxygens (including phenoxy) is 1. The predicted molar refractivity (Wildman–Crippen MR) is 65.5 cm³/mol. The minimum absolute atomic E-state index is 0.00815. The largest absolute Gasteiger partial charge is 0.379 e. The van der Waals surface area contributed by atoms with Crippen LogP contribution in [-0.4, -0.2) is 45.0 Å². The Kier molecular flexibility index (Phi) is 4.69. The molecule has 1 aliphatic rings. The monoisotopic (exact) mass is 263 g/mol. The van der Waals surface area contributed by atoms with Crippen LogP contribution in [0.3, 0.4) is 0 Å². The highest BCUT2D eigenvalue weighted by atomic mass is 32.2.